The second kappa shape index (κ2) is 9.10. The van der Waals surface area contributed by atoms with Crippen molar-refractivity contribution in [1.82, 2.24) is 10.3 Å². The Labute approximate surface area is 150 Å². The molecule has 0 radical (unpaired) electrons. The SMILES string of the molecule is NCc1nonc1C(=NO)Nc1ccc(F)c(Br)c1.O=C(O)C(F)(F)F. The number of hydrogen-bond acceptors (Lipinski definition) is 7. The van der Waals surface area contributed by atoms with Gasteiger partial charge in [0.05, 0.1) is 4.47 Å². The molecule has 14 heteroatoms. The van der Waals surface area contributed by atoms with Crippen LogP contribution in [0.25, 0.3) is 0 Å². The number of carbonyl (C=O) groups is 1. The standard InChI is InChI=1S/C10H9BrFN5O2.C2HF3O2/c11-6-3-5(1-2-7(6)12)14-10(15-18)9-8(4-13)16-19-17-9;3-2(4,5)1(6)7/h1-3,18H,4,13H2,(H,14,15);(H,6,7). The van der Waals surface area contributed by atoms with E-state index in [-0.39, 0.29) is 22.5 Å². The van der Waals surface area contributed by atoms with Crippen molar-refractivity contribution in [2.75, 3.05) is 5.32 Å². The maximum Gasteiger partial charge on any atom is 0.490 e. The number of hydrogen-bond donors (Lipinski definition) is 4. The van der Waals surface area contributed by atoms with Crippen LogP contribution in [0.3, 0.4) is 0 Å². The monoisotopic (exact) mass is 443 g/mol. The zero-order valence-corrected chi connectivity index (χ0v) is 14.0. The highest BCUT2D eigenvalue weighted by Crippen LogP contribution is 2.20. The number of halogens is 5. The first-order valence-electron chi connectivity index (χ1n) is 6.36. The minimum Gasteiger partial charge on any atom is -0.475 e. The van der Waals surface area contributed by atoms with Crippen LogP contribution in [-0.4, -0.2) is 38.6 Å². The Morgan fingerprint density at radius 1 is 1.38 bits per heavy atom. The fourth-order valence-corrected chi connectivity index (χ4v) is 1.74. The van der Waals surface area contributed by atoms with Crippen molar-refractivity contribution in [2.24, 2.45) is 10.9 Å². The van der Waals surface area contributed by atoms with Gasteiger partial charge in [-0.05, 0) is 39.3 Å². The lowest BCUT2D eigenvalue weighted by Crippen LogP contribution is -2.21. The quantitative estimate of drug-likeness (QED) is 0.186. The molecule has 0 amide bonds. The molecular weight excluding hydrogens is 434 g/mol. The van der Waals surface area contributed by atoms with E-state index < -0.39 is 18.0 Å². The summed E-state index contributed by atoms with van der Waals surface area (Å²) in [6.45, 7) is 0.0760. The van der Waals surface area contributed by atoms with Crippen molar-refractivity contribution in [3.05, 3.63) is 39.9 Å². The van der Waals surface area contributed by atoms with E-state index in [4.69, 9.17) is 20.8 Å². The second-order valence-electron chi connectivity index (χ2n) is 4.27. The van der Waals surface area contributed by atoms with Gasteiger partial charge >= 0.3 is 12.1 Å². The topological polar surface area (TPSA) is 147 Å². The van der Waals surface area contributed by atoms with Crippen molar-refractivity contribution in [2.45, 2.75) is 12.7 Å². The molecule has 0 aliphatic heterocycles. The molecule has 5 N–H and O–H groups in total. The van der Waals surface area contributed by atoms with Crippen LogP contribution in [0.1, 0.15) is 11.4 Å². The van der Waals surface area contributed by atoms with E-state index in [0.29, 0.717) is 11.4 Å². The molecule has 0 unspecified atom stereocenters. The molecular formula is C12H10BrF4N5O4. The Morgan fingerprint density at radius 3 is 2.46 bits per heavy atom. The number of aliphatic carboxylic acids is 1. The molecule has 0 bridgehead atoms. The summed E-state index contributed by atoms with van der Waals surface area (Å²) < 4.78 is 49.6. The van der Waals surface area contributed by atoms with Crippen LogP contribution >= 0.6 is 15.9 Å². The van der Waals surface area contributed by atoms with Crippen molar-refractivity contribution in [1.29, 1.82) is 0 Å². The molecule has 9 nitrogen and oxygen atoms in total. The van der Waals surface area contributed by atoms with Gasteiger partial charge in [-0.25, -0.2) is 13.8 Å². The molecule has 0 spiro atoms. The molecule has 1 aromatic heterocycles. The highest BCUT2D eigenvalue weighted by molar-refractivity contribution is 9.10. The van der Waals surface area contributed by atoms with E-state index in [1.807, 2.05) is 0 Å². The number of nitrogens with zero attached hydrogens (tertiary/aromatic N) is 3. The van der Waals surface area contributed by atoms with E-state index >= 15 is 0 Å². The van der Waals surface area contributed by atoms with Crippen LogP contribution in [0.2, 0.25) is 0 Å². The lowest BCUT2D eigenvalue weighted by molar-refractivity contribution is -0.192. The number of alkyl halides is 3. The molecule has 1 aromatic carbocycles. The van der Waals surface area contributed by atoms with E-state index in [0.717, 1.165) is 0 Å². The summed E-state index contributed by atoms with van der Waals surface area (Å²) in [5, 5.41) is 29.1. The smallest absolute Gasteiger partial charge is 0.475 e. The first-order chi connectivity index (χ1) is 12.1. The third kappa shape index (κ3) is 5.96. The van der Waals surface area contributed by atoms with Crippen LogP contribution < -0.4 is 11.1 Å². The summed E-state index contributed by atoms with van der Waals surface area (Å²) in [5.74, 6) is -3.16. The predicted molar refractivity (Wildman–Crippen MR) is 81.9 cm³/mol. The van der Waals surface area contributed by atoms with Crippen LogP contribution in [-0.2, 0) is 11.3 Å². The highest BCUT2D eigenvalue weighted by Gasteiger charge is 2.38. The number of nitrogens with two attached hydrogens (primary N) is 1. The van der Waals surface area contributed by atoms with Gasteiger partial charge in [0.25, 0.3) is 0 Å². The van der Waals surface area contributed by atoms with Gasteiger partial charge in [0.2, 0.25) is 5.84 Å². The van der Waals surface area contributed by atoms with Crippen molar-refractivity contribution in [3.8, 4) is 0 Å². The van der Waals surface area contributed by atoms with Crippen LogP contribution in [0.15, 0.2) is 32.5 Å². The fraction of sp³-hybridized carbons (Fsp3) is 0.167. The Morgan fingerprint density at radius 2 is 2.00 bits per heavy atom. The summed E-state index contributed by atoms with van der Waals surface area (Å²) in [5.41, 5.74) is 6.45. The third-order valence-electron chi connectivity index (χ3n) is 2.50. The largest absolute Gasteiger partial charge is 0.490 e. The first-order valence-corrected chi connectivity index (χ1v) is 7.15. The van der Waals surface area contributed by atoms with E-state index in [1.54, 1.807) is 0 Å². The molecule has 142 valence electrons. The van der Waals surface area contributed by atoms with Gasteiger partial charge in [0, 0.05) is 12.2 Å². The number of amidine groups is 1. The maximum atomic E-state index is 13.1. The van der Waals surface area contributed by atoms with Gasteiger partial charge in [0.1, 0.15) is 11.5 Å². The van der Waals surface area contributed by atoms with Gasteiger partial charge in [-0.2, -0.15) is 13.2 Å². The Balaban J connectivity index is 0.000000412. The van der Waals surface area contributed by atoms with E-state index in [9.17, 15) is 17.6 Å². The molecule has 0 saturated carbocycles. The molecule has 0 saturated heterocycles. The average Bonchev–Trinajstić information content (AvgIpc) is 3.04. The molecule has 26 heavy (non-hydrogen) atoms. The van der Waals surface area contributed by atoms with E-state index in [1.165, 1.54) is 18.2 Å². The number of carboxylic acid groups (broad SMARTS) is 1. The minimum atomic E-state index is -5.08. The summed E-state index contributed by atoms with van der Waals surface area (Å²) in [4.78, 5) is 8.90. The number of carboxylic acids is 1. The van der Waals surface area contributed by atoms with Crippen LogP contribution in [0.4, 0.5) is 23.2 Å². The molecule has 1 heterocycles. The van der Waals surface area contributed by atoms with Crippen molar-refractivity contribution < 1.29 is 37.3 Å². The van der Waals surface area contributed by atoms with Crippen LogP contribution in [0.5, 0.6) is 0 Å². The first kappa shape index (κ1) is 21.3. The Bertz CT molecular complexity index is 796. The molecule has 0 aliphatic rings. The highest BCUT2D eigenvalue weighted by atomic mass is 79.9. The van der Waals surface area contributed by atoms with Crippen molar-refractivity contribution in [3.63, 3.8) is 0 Å². The lowest BCUT2D eigenvalue weighted by atomic mass is 10.2. The summed E-state index contributed by atoms with van der Waals surface area (Å²) >= 11 is 3.05. The van der Waals surface area contributed by atoms with Gasteiger partial charge < -0.3 is 21.4 Å². The molecule has 2 aromatic rings. The summed E-state index contributed by atoms with van der Waals surface area (Å²) in [6.07, 6.45) is -5.08. The second-order valence-corrected chi connectivity index (χ2v) is 5.12. The number of benzene rings is 1. The lowest BCUT2D eigenvalue weighted by Gasteiger charge is -2.07. The van der Waals surface area contributed by atoms with Gasteiger partial charge in [-0.15, -0.1) is 0 Å². The number of anilines is 1. The third-order valence-corrected chi connectivity index (χ3v) is 3.11. The summed E-state index contributed by atoms with van der Waals surface area (Å²) in [7, 11) is 0. The predicted octanol–water partition coefficient (Wildman–Crippen LogP) is 2.31. The fourth-order valence-electron chi connectivity index (χ4n) is 1.36. The van der Waals surface area contributed by atoms with Crippen LogP contribution in [0, 0.1) is 5.82 Å². The van der Waals surface area contributed by atoms with Crippen molar-refractivity contribution >= 4 is 33.4 Å². The molecule has 2 rings (SSSR count). The molecule has 0 fully saturated rings. The zero-order chi connectivity index (χ0) is 19.9. The zero-order valence-electron chi connectivity index (χ0n) is 12.5. The Kier molecular flexibility index (Phi) is 7.45. The van der Waals surface area contributed by atoms with Gasteiger partial charge in [-0.3, -0.25) is 0 Å². The molecule has 0 atom stereocenters. The minimum absolute atomic E-state index is 0.000193. The number of oxime groups is 1. The number of rotatable bonds is 3. The molecule has 0 aliphatic carbocycles. The van der Waals surface area contributed by atoms with Gasteiger partial charge in [0.15, 0.2) is 5.69 Å². The summed E-state index contributed by atoms with van der Waals surface area (Å²) in [6, 6.07) is 4.21. The maximum absolute atomic E-state index is 13.1. The average molecular weight is 444 g/mol. The Hall–Kier alpha value is -2.74. The van der Waals surface area contributed by atoms with E-state index in [2.05, 4.69) is 41.3 Å². The number of nitrogens with one attached hydrogen (secondary N) is 1. The number of aromatic nitrogens is 2. The normalized spacial score (nSPS) is 11.5. The van der Waals surface area contributed by atoms with Gasteiger partial charge in [-0.1, -0.05) is 10.3 Å².